The number of rotatable bonds is 2. The van der Waals surface area contributed by atoms with Gasteiger partial charge in [-0.3, -0.25) is 4.79 Å². The highest BCUT2D eigenvalue weighted by Crippen LogP contribution is 2.00. The number of hydrogen-bond acceptors (Lipinski definition) is 4. The summed E-state index contributed by atoms with van der Waals surface area (Å²) in [4.78, 5) is 19.7. The summed E-state index contributed by atoms with van der Waals surface area (Å²) >= 11 is 1.31. The normalized spacial score (nSPS) is 7.92. The van der Waals surface area contributed by atoms with E-state index in [1.807, 2.05) is 13.2 Å². The van der Waals surface area contributed by atoms with Gasteiger partial charge < -0.3 is 10.5 Å². The molecule has 0 bridgehead atoms. The van der Waals surface area contributed by atoms with E-state index in [0.29, 0.717) is 5.12 Å². The lowest BCUT2D eigenvalue weighted by molar-refractivity contribution is -0.110. The zero-order valence-electron chi connectivity index (χ0n) is 7.62. The van der Waals surface area contributed by atoms with Crippen molar-refractivity contribution in [2.24, 2.45) is 5.73 Å². The Morgan fingerprint density at radius 2 is 1.92 bits per heavy atom. The van der Waals surface area contributed by atoms with Crippen LogP contribution in [0.25, 0.3) is 0 Å². The number of amides is 1. The number of carbonyl (C=O) groups is 2. The Hall–Kier alpha value is -0.710. The summed E-state index contributed by atoms with van der Waals surface area (Å²) < 4.78 is 3.89. The SMILES string of the molecule is CCCC(=O)SC.COC(N)=O. The van der Waals surface area contributed by atoms with E-state index in [9.17, 15) is 9.59 Å². The number of ether oxygens (including phenoxy) is 1. The smallest absolute Gasteiger partial charge is 0.404 e. The average molecular weight is 193 g/mol. The van der Waals surface area contributed by atoms with E-state index < -0.39 is 6.09 Å². The first-order valence-electron chi connectivity index (χ1n) is 3.48. The van der Waals surface area contributed by atoms with Crippen molar-refractivity contribution in [3.63, 3.8) is 0 Å². The van der Waals surface area contributed by atoms with E-state index in [4.69, 9.17) is 0 Å². The monoisotopic (exact) mass is 193 g/mol. The second-order valence-electron chi connectivity index (χ2n) is 1.85. The third-order valence-corrected chi connectivity index (χ3v) is 1.54. The summed E-state index contributed by atoms with van der Waals surface area (Å²) in [5.41, 5.74) is 4.43. The topological polar surface area (TPSA) is 69.4 Å². The van der Waals surface area contributed by atoms with Gasteiger partial charge in [-0.25, -0.2) is 4.79 Å². The van der Waals surface area contributed by atoms with Crippen molar-refractivity contribution >= 4 is 23.0 Å². The second-order valence-corrected chi connectivity index (χ2v) is 2.71. The molecule has 0 unspecified atom stereocenters. The van der Waals surface area contributed by atoms with Crippen LogP contribution in [0.15, 0.2) is 0 Å². The van der Waals surface area contributed by atoms with Crippen molar-refractivity contribution in [1.82, 2.24) is 0 Å². The van der Waals surface area contributed by atoms with E-state index in [1.54, 1.807) is 0 Å². The Morgan fingerprint density at radius 3 is 2.00 bits per heavy atom. The van der Waals surface area contributed by atoms with Crippen LogP contribution in [-0.2, 0) is 9.53 Å². The molecule has 0 fully saturated rings. The van der Waals surface area contributed by atoms with E-state index in [0.717, 1.165) is 12.8 Å². The molecule has 0 aliphatic rings. The summed E-state index contributed by atoms with van der Waals surface area (Å²) in [6.07, 6.45) is 2.77. The van der Waals surface area contributed by atoms with Gasteiger partial charge in [0.2, 0.25) is 0 Å². The predicted molar refractivity (Wildman–Crippen MR) is 50.0 cm³/mol. The average Bonchev–Trinajstić information content (AvgIpc) is 2.06. The van der Waals surface area contributed by atoms with Crippen LogP contribution in [0.4, 0.5) is 4.79 Å². The predicted octanol–water partition coefficient (Wildman–Crippen LogP) is 1.39. The molecular formula is C7H15NO3S. The molecule has 0 aromatic heterocycles. The number of nitrogens with two attached hydrogens (primary N) is 1. The lowest BCUT2D eigenvalue weighted by Crippen LogP contribution is -2.08. The summed E-state index contributed by atoms with van der Waals surface area (Å²) in [6, 6.07) is 0. The Bertz CT molecular complexity index is 139. The van der Waals surface area contributed by atoms with Crippen LogP contribution >= 0.6 is 11.8 Å². The van der Waals surface area contributed by atoms with Gasteiger partial charge in [0.05, 0.1) is 7.11 Å². The van der Waals surface area contributed by atoms with E-state index in [2.05, 4.69) is 10.5 Å². The van der Waals surface area contributed by atoms with Crippen molar-refractivity contribution in [3.8, 4) is 0 Å². The van der Waals surface area contributed by atoms with E-state index >= 15 is 0 Å². The first-order chi connectivity index (χ1) is 5.58. The number of thioether (sulfide) groups is 1. The Labute approximate surface area is 76.8 Å². The molecule has 0 rings (SSSR count). The lowest BCUT2D eigenvalue weighted by Gasteiger charge is -1.86. The molecular weight excluding hydrogens is 178 g/mol. The third kappa shape index (κ3) is 16.1. The van der Waals surface area contributed by atoms with Crippen LogP contribution in [0.3, 0.4) is 0 Å². The Kier molecular flexibility index (Phi) is 11.9. The van der Waals surface area contributed by atoms with Gasteiger partial charge in [-0.05, 0) is 12.7 Å². The number of primary amides is 1. The number of hydrogen-bond donors (Lipinski definition) is 1. The number of carbonyl (C=O) groups excluding carboxylic acids is 2. The molecule has 1 amide bonds. The van der Waals surface area contributed by atoms with Crippen LogP contribution in [0.2, 0.25) is 0 Å². The first kappa shape index (κ1) is 13.9. The minimum Gasteiger partial charge on any atom is -0.453 e. The maximum Gasteiger partial charge on any atom is 0.404 e. The summed E-state index contributed by atoms with van der Waals surface area (Å²) in [5.74, 6) is 0. The third-order valence-electron chi connectivity index (χ3n) is 0.883. The van der Waals surface area contributed by atoms with Gasteiger partial charge in [0.15, 0.2) is 5.12 Å². The van der Waals surface area contributed by atoms with Gasteiger partial charge in [-0.1, -0.05) is 18.7 Å². The minimum atomic E-state index is -0.745. The molecule has 0 radical (unpaired) electrons. The van der Waals surface area contributed by atoms with Crippen LogP contribution in [0.5, 0.6) is 0 Å². The number of methoxy groups -OCH3 is 1. The molecule has 2 N–H and O–H groups in total. The van der Waals surface area contributed by atoms with E-state index in [-0.39, 0.29) is 0 Å². The van der Waals surface area contributed by atoms with Crippen molar-refractivity contribution in [3.05, 3.63) is 0 Å². The van der Waals surface area contributed by atoms with Gasteiger partial charge in [0.25, 0.3) is 0 Å². The molecule has 0 aliphatic carbocycles. The summed E-state index contributed by atoms with van der Waals surface area (Å²) in [5, 5.41) is 0.294. The Balaban J connectivity index is 0. The van der Waals surface area contributed by atoms with Crippen molar-refractivity contribution in [2.75, 3.05) is 13.4 Å². The second kappa shape index (κ2) is 10.3. The van der Waals surface area contributed by atoms with Gasteiger partial charge in [0, 0.05) is 6.42 Å². The van der Waals surface area contributed by atoms with Gasteiger partial charge in [0.1, 0.15) is 0 Å². The van der Waals surface area contributed by atoms with Gasteiger partial charge in [-0.2, -0.15) is 0 Å². The molecule has 0 aliphatic heterocycles. The molecule has 0 saturated heterocycles. The minimum absolute atomic E-state index is 0.294. The van der Waals surface area contributed by atoms with Gasteiger partial charge in [-0.15, -0.1) is 0 Å². The lowest BCUT2D eigenvalue weighted by atomic mass is 10.4. The fraction of sp³-hybridized carbons (Fsp3) is 0.714. The highest BCUT2D eigenvalue weighted by molar-refractivity contribution is 8.13. The van der Waals surface area contributed by atoms with Crippen LogP contribution in [-0.4, -0.2) is 24.6 Å². The molecule has 4 nitrogen and oxygen atoms in total. The molecule has 0 aromatic rings. The van der Waals surface area contributed by atoms with Crippen molar-refractivity contribution < 1.29 is 14.3 Å². The van der Waals surface area contributed by atoms with Crippen molar-refractivity contribution in [1.29, 1.82) is 0 Å². The highest BCUT2D eigenvalue weighted by atomic mass is 32.2. The molecule has 0 aromatic carbocycles. The summed E-state index contributed by atoms with van der Waals surface area (Å²) in [7, 11) is 1.22. The molecule has 0 saturated carbocycles. The van der Waals surface area contributed by atoms with Gasteiger partial charge >= 0.3 is 6.09 Å². The molecule has 0 heterocycles. The fourth-order valence-corrected chi connectivity index (χ4v) is 0.714. The molecule has 12 heavy (non-hydrogen) atoms. The highest BCUT2D eigenvalue weighted by Gasteiger charge is 1.92. The summed E-state index contributed by atoms with van der Waals surface area (Å²) in [6.45, 7) is 2.01. The molecule has 5 heteroatoms. The zero-order valence-corrected chi connectivity index (χ0v) is 8.44. The molecule has 0 atom stereocenters. The molecule has 72 valence electrons. The van der Waals surface area contributed by atoms with Crippen LogP contribution in [0.1, 0.15) is 19.8 Å². The largest absolute Gasteiger partial charge is 0.453 e. The van der Waals surface area contributed by atoms with Crippen LogP contribution in [0, 0.1) is 0 Å². The quantitative estimate of drug-likeness (QED) is 0.719. The zero-order chi connectivity index (χ0) is 9.98. The maximum absolute atomic E-state index is 10.4. The van der Waals surface area contributed by atoms with Crippen LogP contribution < -0.4 is 5.73 Å². The molecule has 0 spiro atoms. The maximum atomic E-state index is 10.4. The fourth-order valence-electron chi connectivity index (χ4n) is 0.306. The standard InChI is InChI=1S/C5H10OS.C2H5NO2/c1-3-4-5(6)7-2;1-5-2(3)4/h3-4H2,1-2H3;1H3,(H2,3,4). The van der Waals surface area contributed by atoms with Crippen molar-refractivity contribution in [2.45, 2.75) is 19.8 Å². The first-order valence-corrected chi connectivity index (χ1v) is 4.71. The van der Waals surface area contributed by atoms with E-state index in [1.165, 1.54) is 18.9 Å². The Morgan fingerprint density at radius 1 is 1.50 bits per heavy atom.